The van der Waals surface area contributed by atoms with Gasteiger partial charge in [-0.2, -0.15) is 0 Å². The maximum Gasteiger partial charge on any atom is 0.106 e. The highest BCUT2D eigenvalue weighted by atomic mass is 16.3. The first-order valence-corrected chi connectivity index (χ1v) is 4.42. The van der Waals surface area contributed by atoms with Crippen molar-refractivity contribution in [1.82, 2.24) is 9.97 Å². The summed E-state index contributed by atoms with van der Waals surface area (Å²) in [4.78, 5) is 7.43. The van der Waals surface area contributed by atoms with Crippen molar-refractivity contribution in [1.29, 1.82) is 0 Å². The molecule has 0 saturated heterocycles. The van der Waals surface area contributed by atoms with Crippen LogP contribution in [0.25, 0.3) is 0 Å². The second kappa shape index (κ2) is 3.72. The van der Waals surface area contributed by atoms with Gasteiger partial charge in [-0.05, 0) is 13.3 Å². The minimum Gasteiger partial charge on any atom is -0.387 e. The number of nitrogens with one attached hydrogen (secondary N) is 1. The van der Waals surface area contributed by atoms with E-state index in [1.807, 2.05) is 20.8 Å². The van der Waals surface area contributed by atoms with E-state index in [1.165, 1.54) is 0 Å². The van der Waals surface area contributed by atoms with Gasteiger partial charge in [0.15, 0.2) is 0 Å². The quantitative estimate of drug-likeness (QED) is 0.722. The summed E-state index contributed by atoms with van der Waals surface area (Å²) in [6.45, 7) is 5.94. The van der Waals surface area contributed by atoms with E-state index >= 15 is 0 Å². The zero-order valence-corrected chi connectivity index (χ0v) is 7.89. The van der Waals surface area contributed by atoms with E-state index < -0.39 is 6.10 Å². The molecule has 1 atom stereocenters. The first-order chi connectivity index (χ1) is 5.69. The summed E-state index contributed by atoms with van der Waals surface area (Å²) in [5, 5.41) is 9.54. The van der Waals surface area contributed by atoms with Crippen molar-refractivity contribution in [3.8, 4) is 0 Å². The van der Waals surface area contributed by atoms with Crippen molar-refractivity contribution < 1.29 is 5.11 Å². The van der Waals surface area contributed by atoms with Gasteiger partial charge in [-0.25, -0.2) is 4.98 Å². The van der Waals surface area contributed by atoms with Crippen LogP contribution in [0.2, 0.25) is 0 Å². The van der Waals surface area contributed by atoms with Gasteiger partial charge in [0.1, 0.15) is 5.82 Å². The summed E-state index contributed by atoms with van der Waals surface area (Å²) in [6.07, 6.45) is 1.19. The number of hydrogen-bond donors (Lipinski definition) is 2. The lowest BCUT2D eigenvalue weighted by atomic mass is 10.2. The summed E-state index contributed by atoms with van der Waals surface area (Å²) >= 11 is 0. The van der Waals surface area contributed by atoms with E-state index in [9.17, 15) is 5.11 Å². The summed E-state index contributed by atoms with van der Waals surface area (Å²) in [5.74, 6) is 0.954. The Morgan fingerprint density at radius 1 is 1.50 bits per heavy atom. The molecule has 0 aliphatic carbocycles. The second-order valence-corrected chi connectivity index (χ2v) is 2.97. The minimum absolute atomic E-state index is 0.415. The average molecular weight is 168 g/mol. The fourth-order valence-corrected chi connectivity index (χ4v) is 1.22. The Morgan fingerprint density at radius 3 is 2.58 bits per heavy atom. The number of nitrogens with zero attached hydrogens (tertiary/aromatic N) is 1. The first kappa shape index (κ1) is 9.26. The summed E-state index contributed by atoms with van der Waals surface area (Å²) in [5.41, 5.74) is 1.79. The second-order valence-electron chi connectivity index (χ2n) is 2.97. The molecule has 12 heavy (non-hydrogen) atoms. The number of hydrogen-bond acceptors (Lipinski definition) is 2. The Morgan fingerprint density at radius 2 is 2.17 bits per heavy atom. The molecule has 2 N–H and O–H groups in total. The number of aromatic amines is 1. The van der Waals surface area contributed by atoms with Gasteiger partial charge in [0.25, 0.3) is 0 Å². The van der Waals surface area contributed by atoms with Crippen molar-refractivity contribution in [3.63, 3.8) is 0 Å². The van der Waals surface area contributed by atoms with Crippen LogP contribution in [0.1, 0.15) is 43.6 Å². The molecule has 0 saturated carbocycles. The van der Waals surface area contributed by atoms with E-state index in [2.05, 4.69) is 9.97 Å². The van der Waals surface area contributed by atoms with Crippen LogP contribution in [0, 0.1) is 6.92 Å². The number of H-pyrrole nitrogens is 1. The molecule has 1 heterocycles. The van der Waals surface area contributed by atoms with E-state index in [0.717, 1.165) is 30.1 Å². The Hall–Kier alpha value is -0.830. The molecule has 1 aromatic rings. The molecule has 3 heteroatoms. The number of aryl methyl sites for hydroxylation is 2. The van der Waals surface area contributed by atoms with Crippen molar-refractivity contribution in [3.05, 3.63) is 17.2 Å². The highest BCUT2D eigenvalue weighted by Gasteiger charge is 2.12. The molecule has 0 radical (unpaired) electrons. The van der Waals surface area contributed by atoms with Crippen molar-refractivity contribution in [2.45, 2.75) is 39.7 Å². The zero-order chi connectivity index (χ0) is 9.14. The Kier molecular flexibility index (Phi) is 2.87. The first-order valence-electron chi connectivity index (χ1n) is 4.42. The Bertz CT molecular complexity index is 255. The molecule has 0 aliphatic heterocycles. The fourth-order valence-electron chi connectivity index (χ4n) is 1.22. The van der Waals surface area contributed by atoms with Crippen LogP contribution in [-0.4, -0.2) is 15.1 Å². The van der Waals surface area contributed by atoms with E-state index in [1.54, 1.807) is 0 Å². The number of aliphatic hydroxyl groups is 1. The zero-order valence-electron chi connectivity index (χ0n) is 7.89. The molecule has 0 fully saturated rings. The molecule has 1 unspecified atom stereocenters. The van der Waals surface area contributed by atoms with Gasteiger partial charge in [0.2, 0.25) is 0 Å². The Balaban J connectivity index is 2.91. The smallest absolute Gasteiger partial charge is 0.106 e. The molecule has 0 spiro atoms. The standard InChI is InChI=1S/C9H16N2O/c1-4-7(12)9-6(3)10-8(5-2)11-9/h7,12H,4-5H2,1-3H3,(H,10,11). The normalized spacial score (nSPS) is 13.3. The van der Waals surface area contributed by atoms with Crippen LogP contribution in [0.15, 0.2) is 0 Å². The maximum atomic E-state index is 9.54. The summed E-state index contributed by atoms with van der Waals surface area (Å²) in [7, 11) is 0. The number of aromatic nitrogens is 2. The van der Waals surface area contributed by atoms with Gasteiger partial charge in [0, 0.05) is 12.1 Å². The van der Waals surface area contributed by atoms with Gasteiger partial charge in [0.05, 0.1) is 11.8 Å². The average Bonchev–Trinajstić information content (AvgIpc) is 2.45. The van der Waals surface area contributed by atoms with E-state index in [-0.39, 0.29) is 0 Å². The molecule has 1 rings (SSSR count). The van der Waals surface area contributed by atoms with Crippen LogP contribution in [-0.2, 0) is 6.42 Å². The molecule has 0 bridgehead atoms. The van der Waals surface area contributed by atoms with Crippen LogP contribution in [0.4, 0.5) is 0 Å². The molecule has 68 valence electrons. The van der Waals surface area contributed by atoms with E-state index in [0.29, 0.717) is 0 Å². The van der Waals surface area contributed by atoms with Crippen LogP contribution in [0.5, 0.6) is 0 Å². The van der Waals surface area contributed by atoms with Crippen molar-refractivity contribution >= 4 is 0 Å². The molecule has 3 nitrogen and oxygen atoms in total. The van der Waals surface area contributed by atoms with Crippen molar-refractivity contribution in [2.24, 2.45) is 0 Å². The van der Waals surface area contributed by atoms with Gasteiger partial charge in [-0.3, -0.25) is 0 Å². The molecule has 0 aromatic carbocycles. The highest BCUT2D eigenvalue weighted by Crippen LogP contribution is 2.17. The fraction of sp³-hybridized carbons (Fsp3) is 0.667. The third-order valence-corrected chi connectivity index (χ3v) is 2.01. The van der Waals surface area contributed by atoms with Crippen LogP contribution >= 0.6 is 0 Å². The predicted molar refractivity (Wildman–Crippen MR) is 48.0 cm³/mol. The van der Waals surface area contributed by atoms with E-state index in [4.69, 9.17) is 0 Å². The highest BCUT2D eigenvalue weighted by molar-refractivity contribution is 5.15. The molecule has 1 aromatic heterocycles. The van der Waals surface area contributed by atoms with Crippen molar-refractivity contribution in [2.75, 3.05) is 0 Å². The third-order valence-electron chi connectivity index (χ3n) is 2.01. The third kappa shape index (κ3) is 1.67. The van der Waals surface area contributed by atoms with Gasteiger partial charge in [-0.15, -0.1) is 0 Å². The van der Waals surface area contributed by atoms with Gasteiger partial charge in [-0.1, -0.05) is 13.8 Å². The molecule has 0 amide bonds. The number of imidazole rings is 1. The largest absolute Gasteiger partial charge is 0.387 e. The van der Waals surface area contributed by atoms with Gasteiger partial charge >= 0.3 is 0 Å². The van der Waals surface area contributed by atoms with Crippen LogP contribution in [0.3, 0.4) is 0 Å². The lowest BCUT2D eigenvalue weighted by molar-refractivity contribution is 0.168. The number of aliphatic hydroxyl groups excluding tert-OH is 1. The maximum absolute atomic E-state index is 9.54. The van der Waals surface area contributed by atoms with Crippen LogP contribution < -0.4 is 0 Å². The summed E-state index contributed by atoms with van der Waals surface area (Å²) in [6, 6.07) is 0. The molecular weight excluding hydrogens is 152 g/mol. The molecule has 0 aliphatic rings. The monoisotopic (exact) mass is 168 g/mol. The summed E-state index contributed by atoms with van der Waals surface area (Å²) < 4.78 is 0. The Labute approximate surface area is 72.8 Å². The SMILES string of the molecule is CCc1nc(C(O)CC)c(C)[nH]1. The molecular formula is C9H16N2O. The van der Waals surface area contributed by atoms with Gasteiger partial charge < -0.3 is 10.1 Å². The lowest BCUT2D eigenvalue weighted by Crippen LogP contribution is -1.97. The number of rotatable bonds is 3. The lowest BCUT2D eigenvalue weighted by Gasteiger charge is -2.03. The predicted octanol–water partition coefficient (Wildman–Crippen LogP) is 1.72. The minimum atomic E-state index is -0.415. The topological polar surface area (TPSA) is 48.9 Å².